The fourth-order valence-corrected chi connectivity index (χ4v) is 3.22. The summed E-state index contributed by atoms with van der Waals surface area (Å²) in [5, 5.41) is 13.7. The van der Waals surface area contributed by atoms with Gasteiger partial charge >= 0.3 is 6.03 Å². The van der Waals surface area contributed by atoms with E-state index < -0.39 is 0 Å². The quantitative estimate of drug-likeness (QED) is 0.775. The average Bonchev–Trinajstić information content (AvgIpc) is 3.03. The summed E-state index contributed by atoms with van der Waals surface area (Å²) in [4.78, 5) is 14.0. The minimum atomic E-state index is -0.0559. The Morgan fingerprint density at radius 2 is 2.08 bits per heavy atom. The van der Waals surface area contributed by atoms with Gasteiger partial charge in [-0.1, -0.05) is 30.3 Å². The standard InChI is InChI=1S/C18H19N5O/c1-23(11-12-6-7-16-17(8-12)21-22-20-16)18(24)19-10-14-9-13-4-2-3-5-15(13)14/h2-8,14H,9-11H2,1H3,(H,19,24)(H,20,21,22). The molecule has 6 heteroatoms. The van der Waals surface area contributed by atoms with Gasteiger partial charge in [0, 0.05) is 26.1 Å². The van der Waals surface area contributed by atoms with Gasteiger partial charge in [0.05, 0.1) is 0 Å². The van der Waals surface area contributed by atoms with Crippen LogP contribution in [0.2, 0.25) is 0 Å². The van der Waals surface area contributed by atoms with E-state index in [1.807, 2.05) is 18.2 Å². The summed E-state index contributed by atoms with van der Waals surface area (Å²) < 4.78 is 0. The van der Waals surface area contributed by atoms with Gasteiger partial charge in [0.2, 0.25) is 0 Å². The third-order valence-corrected chi connectivity index (χ3v) is 4.61. The van der Waals surface area contributed by atoms with Crippen molar-refractivity contribution < 1.29 is 4.79 Å². The normalized spacial score (nSPS) is 15.6. The van der Waals surface area contributed by atoms with Crippen molar-refractivity contribution in [2.24, 2.45) is 0 Å². The van der Waals surface area contributed by atoms with Gasteiger partial charge < -0.3 is 10.2 Å². The van der Waals surface area contributed by atoms with Crippen LogP contribution in [0.3, 0.4) is 0 Å². The molecule has 2 amide bonds. The lowest BCUT2D eigenvalue weighted by molar-refractivity contribution is 0.206. The van der Waals surface area contributed by atoms with Gasteiger partial charge in [-0.25, -0.2) is 4.79 Å². The van der Waals surface area contributed by atoms with Crippen molar-refractivity contribution in [1.82, 2.24) is 25.6 Å². The number of urea groups is 1. The van der Waals surface area contributed by atoms with E-state index in [0.717, 1.165) is 23.0 Å². The predicted octanol–water partition coefficient (Wildman–Crippen LogP) is 2.44. The number of aromatic nitrogens is 3. The Bertz CT molecular complexity index is 888. The molecule has 2 aromatic carbocycles. The molecule has 1 unspecified atom stereocenters. The number of nitrogens with one attached hydrogen (secondary N) is 2. The fourth-order valence-electron chi connectivity index (χ4n) is 3.22. The van der Waals surface area contributed by atoms with Gasteiger partial charge in [0.1, 0.15) is 11.0 Å². The zero-order chi connectivity index (χ0) is 16.5. The van der Waals surface area contributed by atoms with Crippen LogP contribution in [-0.2, 0) is 13.0 Å². The number of rotatable bonds is 4. The van der Waals surface area contributed by atoms with Crippen molar-refractivity contribution in [1.29, 1.82) is 0 Å². The zero-order valence-electron chi connectivity index (χ0n) is 13.5. The Hall–Kier alpha value is -2.89. The highest BCUT2D eigenvalue weighted by Gasteiger charge is 2.25. The van der Waals surface area contributed by atoms with E-state index in [0.29, 0.717) is 19.0 Å². The largest absolute Gasteiger partial charge is 0.337 e. The van der Waals surface area contributed by atoms with Crippen molar-refractivity contribution in [3.63, 3.8) is 0 Å². The van der Waals surface area contributed by atoms with Gasteiger partial charge in [-0.15, -0.1) is 0 Å². The first-order valence-corrected chi connectivity index (χ1v) is 8.07. The number of carbonyl (C=O) groups excluding carboxylic acids is 1. The topological polar surface area (TPSA) is 73.9 Å². The van der Waals surface area contributed by atoms with Crippen LogP contribution in [0.25, 0.3) is 11.0 Å². The van der Waals surface area contributed by atoms with Gasteiger partial charge in [0.25, 0.3) is 0 Å². The van der Waals surface area contributed by atoms with Gasteiger partial charge in [0.15, 0.2) is 0 Å². The van der Waals surface area contributed by atoms with Gasteiger partial charge in [-0.2, -0.15) is 15.4 Å². The van der Waals surface area contributed by atoms with E-state index in [1.165, 1.54) is 11.1 Å². The molecule has 2 N–H and O–H groups in total. The van der Waals surface area contributed by atoms with Crippen LogP contribution in [0, 0.1) is 0 Å². The highest BCUT2D eigenvalue weighted by atomic mass is 16.2. The summed E-state index contributed by atoms with van der Waals surface area (Å²) in [5.74, 6) is 0.435. The second-order valence-electron chi connectivity index (χ2n) is 6.29. The molecule has 1 atom stereocenters. The van der Waals surface area contributed by atoms with Crippen molar-refractivity contribution in [3.8, 4) is 0 Å². The molecule has 0 bridgehead atoms. The Labute approximate surface area is 139 Å². The predicted molar refractivity (Wildman–Crippen MR) is 91.6 cm³/mol. The number of amides is 2. The first-order chi connectivity index (χ1) is 11.7. The number of carbonyl (C=O) groups is 1. The zero-order valence-corrected chi connectivity index (χ0v) is 13.5. The minimum absolute atomic E-state index is 0.0559. The number of fused-ring (bicyclic) bond motifs is 2. The third-order valence-electron chi connectivity index (χ3n) is 4.61. The summed E-state index contributed by atoms with van der Waals surface area (Å²) in [6.07, 6.45) is 1.04. The molecule has 3 aromatic rings. The first kappa shape index (κ1) is 14.7. The molecule has 0 spiro atoms. The van der Waals surface area contributed by atoms with Crippen molar-refractivity contribution in [3.05, 3.63) is 59.2 Å². The summed E-state index contributed by atoms with van der Waals surface area (Å²) in [5.41, 5.74) is 5.42. The molecule has 122 valence electrons. The highest BCUT2D eigenvalue weighted by Crippen LogP contribution is 2.33. The van der Waals surface area contributed by atoms with E-state index in [2.05, 4.69) is 45.0 Å². The smallest absolute Gasteiger partial charge is 0.317 e. The number of H-pyrrole nitrogens is 1. The van der Waals surface area contributed by atoms with E-state index in [1.54, 1.807) is 11.9 Å². The number of hydrogen-bond acceptors (Lipinski definition) is 3. The van der Waals surface area contributed by atoms with Crippen molar-refractivity contribution in [2.75, 3.05) is 13.6 Å². The Balaban J connectivity index is 1.33. The Morgan fingerprint density at radius 3 is 2.96 bits per heavy atom. The molecule has 24 heavy (non-hydrogen) atoms. The summed E-state index contributed by atoms with van der Waals surface area (Å²) >= 11 is 0. The van der Waals surface area contributed by atoms with E-state index in [9.17, 15) is 4.79 Å². The Kier molecular flexibility index (Phi) is 3.65. The molecule has 0 fully saturated rings. The summed E-state index contributed by atoms with van der Waals surface area (Å²) in [6, 6.07) is 14.2. The average molecular weight is 321 g/mol. The lowest BCUT2D eigenvalue weighted by atomic mass is 9.78. The van der Waals surface area contributed by atoms with Crippen LogP contribution in [-0.4, -0.2) is 39.9 Å². The second-order valence-corrected chi connectivity index (χ2v) is 6.29. The van der Waals surface area contributed by atoms with Crippen LogP contribution in [0.1, 0.15) is 22.6 Å². The van der Waals surface area contributed by atoms with Crippen molar-refractivity contribution in [2.45, 2.75) is 18.9 Å². The van der Waals surface area contributed by atoms with Crippen molar-refractivity contribution >= 4 is 17.1 Å². The second kappa shape index (κ2) is 5.96. The fraction of sp³-hybridized carbons (Fsp3) is 0.278. The molecule has 6 nitrogen and oxygen atoms in total. The number of hydrogen-bond donors (Lipinski definition) is 2. The lowest BCUT2D eigenvalue weighted by Gasteiger charge is -2.30. The number of benzene rings is 2. The molecular weight excluding hydrogens is 302 g/mol. The van der Waals surface area contributed by atoms with Crippen LogP contribution in [0.4, 0.5) is 4.79 Å². The van der Waals surface area contributed by atoms with Gasteiger partial charge in [-0.05, 0) is 35.2 Å². The molecule has 1 aromatic heterocycles. The Morgan fingerprint density at radius 1 is 1.25 bits per heavy atom. The minimum Gasteiger partial charge on any atom is -0.337 e. The molecular formula is C18H19N5O. The molecule has 1 aliphatic rings. The maximum Gasteiger partial charge on any atom is 0.317 e. The molecule has 0 aliphatic heterocycles. The lowest BCUT2D eigenvalue weighted by Crippen LogP contribution is -2.40. The molecule has 4 rings (SSSR count). The van der Waals surface area contributed by atoms with E-state index in [4.69, 9.17) is 0 Å². The maximum absolute atomic E-state index is 12.3. The molecule has 0 saturated heterocycles. The maximum atomic E-state index is 12.3. The van der Waals surface area contributed by atoms with Crippen LogP contribution >= 0.6 is 0 Å². The number of aromatic amines is 1. The van der Waals surface area contributed by atoms with Gasteiger partial charge in [-0.3, -0.25) is 0 Å². The van der Waals surface area contributed by atoms with Crippen LogP contribution in [0.5, 0.6) is 0 Å². The summed E-state index contributed by atoms with van der Waals surface area (Å²) in [6.45, 7) is 1.22. The third kappa shape index (κ3) is 2.71. The van der Waals surface area contributed by atoms with Crippen LogP contribution in [0.15, 0.2) is 42.5 Å². The summed E-state index contributed by atoms with van der Waals surface area (Å²) in [7, 11) is 1.80. The van der Waals surface area contributed by atoms with E-state index >= 15 is 0 Å². The SMILES string of the molecule is CN(Cc1ccc2n[nH]nc2c1)C(=O)NCC1Cc2ccccc21. The van der Waals surface area contributed by atoms with Crippen LogP contribution < -0.4 is 5.32 Å². The first-order valence-electron chi connectivity index (χ1n) is 8.07. The molecule has 0 saturated carbocycles. The monoisotopic (exact) mass is 321 g/mol. The number of nitrogens with zero attached hydrogens (tertiary/aromatic N) is 3. The molecule has 0 radical (unpaired) electrons. The molecule has 1 heterocycles. The van der Waals surface area contributed by atoms with E-state index in [-0.39, 0.29) is 6.03 Å². The molecule has 1 aliphatic carbocycles. The highest BCUT2D eigenvalue weighted by molar-refractivity contribution is 5.76.